The lowest BCUT2D eigenvalue weighted by molar-refractivity contribution is 0.0531. The number of imidazole rings is 1. The van der Waals surface area contributed by atoms with Crippen molar-refractivity contribution in [3.8, 4) is 11.4 Å². The summed E-state index contributed by atoms with van der Waals surface area (Å²) in [5.41, 5.74) is 1.53. The summed E-state index contributed by atoms with van der Waals surface area (Å²) in [5, 5.41) is 8.09. The highest BCUT2D eigenvalue weighted by molar-refractivity contribution is 5.92. The maximum Gasteiger partial charge on any atom is 0.274 e. The second-order valence-electron chi connectivity index (χ2n) is 8.31. The fraction of sp³-hybridized carbons (Fsp3) is 0.455. The highest BCUT2D eigenvalue weighted by Crippen LogP contribution is 2.33. The quantitative estimate of drug-likeness (QED) is 0.626. The normalized spacial score (nSPS) is 17.6. The SMILES string of the molecule is CC(C)[C@H]1c2nc(-c3ccccc3)nn2CCN1C(=O)c1cn2c(n1)CCNCC2.Cl.Cl. The van der Waals surface area contributed by atoms with Crippen molar-refractivity contribution in [3.05, 3.63) is 53.9 Å². The van der Waals surface area contributed by atoms with E-state index in [1.807, 2.05) is 46.1 Å². The maximum atomic E-state index is 13.5. The van der Waals surface area contributed by atoms with Gasteiger partial charge in [0, 0.05) is 44.4 Å². The van der Waals surface area contributed by atoms with Crippen molar-refractivity contribution in [2.45, 2.75) is 39.4 Å². The number of amides is 1. The first-order chi connectivity index (χ1) is 14.6. The van der Waals surface area contributed by atoms with Crippen LogP contribution in [0.4, 0.5) is 0 Å². The van der Waals surface area contributed by atoms with Gasteiger partial charge < -0.3 is 14.8 Å². The van der Waals surface area contributed by atoms with Crippen LogP contribution in [0, 0.1) is 5.92 Å². The second-order valence-corrected chi connectivity index (χ2v) is 8.31. The predicted molar refractivity (Wildman–Crippen MR) is 127 cm³/mol. The summed E-state index contributed by atoms with van der Waals surface area (Å²) >= 11 is 0. The number of nitrogens with one attached hydrogen (secondary N) is 1. The molecule has 0 bridgehead atoms. The third-order valence-corrected chi connectivity index (χ3v) is 5.91. The van der Waals surface area contributed by atoms with Crippen molar-refractivity contribution in [3.63, 3.8) is 0 Å². The minimum Gasteiger partial charge on any atom is -0.333 e. The molecule has 32 heavy (non-hydrogen) atoms. The molecule has 0 radical (unpaired) electrons. The van der Waals surface area contributed by atoms with Crippen LogP contribution in [-0.4, -0.2) is 54.8 Å². The van der Waals surface area contributed by atoms with Crippen LogP contribution < -0.4 is 5.32 Å². The van der Waals surface area contributed by atoms with E-state index in [0.29, 0.717) is 24.6 Å². The third kappa shape index (κ3) is 4.40. The van der Waals surface area contributed by atoms with Crippen LogP contribution >= 0.6 is 24.8 Å². The molecule has 0 fully saturated rings. The van der Waals surface area contributed by atoms with Gasteiger partial charge in [-0.2, -0.15) is 5.10 Å². The zero-order chi connectivity index (χ0) is 20.7. The Morgan fingerprint density at radius 3 is 2.59 bits per heavy atom. The summed E-state index contributed by atoms with van der Waals surface area (Å²) in [6.45, 7) is 8.15. The number of rotatable bonds is 3. The molecule has 8 nitrogen and oxygen atoms in total. The summed E-state index contributed by atoms with van der Waals surface area (Å²) in [6.07, 6.45) is 2.76. The Labute approximate surface area is 200 Å². The van der Waals surface area contributed by atoms with Crippen LogP contribution in [0.1, 0.15) is 42.0 Å². The van der Waals surface area contributed by atoms with Crippen molar-refractivity contribution < 1.29 is 4.79 Å². The van der Waals surface area contributed by atoms with Gasteiger partial charge in [0.15, 0.2) is 11.6 Å². The molecule has 10 heteroatoms. The Morgan fingerprint density at radius 1 is 1.06 bits per heavy atom. The lowest BCUT2D eigenvalue weighted by atomic mass is 9.99. The molecule has 1 amide bonds. The van der Waals surface area contributed by atoms with Gasteiger partial charge in [0.25, 0.3) is 5.91 Å². The molecule has 0 unspecified atom stereocenters. The van der Waals surface area contributed by atoms with Gasteiger partial charge in [-0.25, -0.2) is 14.6 Å². The highest BCUT2D eigenvalue weighted by Gasteiger charge is 2.37. The number of carbonyl (C=O) groups is 1. The number of hydrogen-bond acceptors (Lipinski definition) is 5. The Bertz CT molecular complexity index is 1040. The van der Waals surface area contributed by atoms with Gasteiger partial charge in [-0.05, 0) is 5.92 Å². The molecular formula is C22H29Cl2N7O. The first-order valence-corrected chi connectivity index (χ1v) is 10.7. The van der Waals surface area contributed by atoms with Crippen molar-refractivity contribution >= 4 is 30.7 Å². The van der Waals surface area contributed by atoms with E-state index in [9.17, 15) is 4.79 Å². The molecular weight excluding hydrogens is 449 g/mol. The minimum absolute atomic E-state index is 0. The summed E-state index contributed by atoms with van der Waals surface area (Å²) in [5.74, 6) is 2.75. The highest BCUT2D eigenvalue weighted by atomic mass is 35.5. The summed E-state index contributed by atoms with van der Waals surface area (Å²) in [4.78, 5) is 24.9. The van der Waals surface area contributed by atoms with E-state index in [0.717, 1.165) is 43.3 Å². The smallest absolute Gasteiger partial charge is 0.274 e. The van der Waals surface area contributed by atoms with Gasteiger partial charge in [-0.3, -0.25) is 4.79 Å². The lowest BCUT2D eigenvalue weighted by Crippen LogP contribution is -2.44. The van der Waals surface area contributed by atoms with Gasteiger partial charge in [0.2, 0.25) is 0 Å². The third-order valence-electron chi connectivity index (χ3n) is 5.91. The topological polar surface area (TPSA) is 80.9 Å². The van der Waals surface area contributed by atoms with Gasteiger partial charge in [0.1, 0.15) is 11.5 Å². The predicted octanol–water partition coefficient (Wildman–Crippen LogP) is 2.98. The first kappa shape index (κ1) is 24.2. The molecule has 2 aliphatic heterocycles. The maximum absolute atomic E-state index is 13.5. The molecule has 0 spiro atoms. The molecule has 0 aliphatic carbocycles. The monoisotopic (exact) mass is 477 g/mol. The van der Waals surface area contributed by atoms with Crippen LogP contribution in [-0.2, 0) is 19.5 Å². The molecule has 2 aromatic heterocycles. The van der Waals surface area contributed by atoms with Crippen molar-refractivity contribution in [1.82, 2.24) is 34.5 Å². The van der Waals surface area contributed by atoms with Crippen LogP contribution in [0.2, 0.25) is 0 Å². The standard InChI is InChI=1S/C22H27N7O.2ClH/c1-15(2)19-21-25-20(16-6-4-3-5-7-16)26-29(21)13-12-28(19)22(30)17-14-27-11-10-23-9-8-18(27)24-17;;/h3-7,14-15,19,23H,8-13H2,1-2H3;2*1H/t19-;;/m0../s1. The molecule has 0 saturated carbocycles. The van der Waals surface area contributed by atoms with Crippen LogP contribution in [0.3, 0.4) is 0 Å². The van der Waals surface area contributed by atoms with E-state index in [-0.39, 0.29) is 42.7 Å². The molecule has 5 rings (SSSR count). The van der Waals surface area contributed by atoms with Crippen molar-refractivity contribution in [1.29, 1.82) is 0 Å². The summed E-state index contributed by atoms with van der Waals surface area (Å²) < 4.78 is 4.07. The van der Waals surface area contributed by atoms with Gasteiger partial charge >= 0.3 is 0 Å². The fourth-order valence-electron chi connectivity index (χ4n) is 4.44. The Balaban J connectivity index is 0.00000144. The average molecular weight is 478 g/mol. The Kier molecular flexibility index (Phi) is 7.59. The van der Waals surface area contributed by atoms with Crippen molar-refractivity contribution in [2.24, 2.45) is 5.92 Å². The number of aromatic nitrogens is 5. The van der Waals surface area contributed by atoms with E-state index >= 15 is 0 Å². The second kappa shape index (κ2) is 10.0. The first-order valence-electron chi connectivity index (χ1n) is 10.7. The number of halogens is 2. The van der Waals surface area contributed by atoms with E-state index in [4.69, 9.17) is 10.1 Å². The Hall–Kier alpha value is -2.42. The zero-order valence-electron chi connectivity index (χ0n) is 18.3. The molecule has 172 valence electrons. The van der Waals surface area contributed by atoms with E-state index in [2.05, 4.69) is 28.7 Å². The lowest BCUT2D eigenvalue weighted by Gasteiger charge is -2.37. The van der Waals surface area contributed by atoms with Crippen LogP contribution in [0.25, 0.3) is 11.4 Å². The molecule has 0 saturated heterocycles. The van der Waals surface area contributed by atoms with E-state index in [1.165, 1.54) is 0 Å². The molecule has 4 heterocycles. The molecule has 1 N–H and O–H groups in total. The van der Waals surface area contributed by atoms with Crippen LogP contribution in [0.15, 0.2) is 36.5 Å². The van der Waals surface area contributed by atoms with Crippen molar-refractivity contribution in [2.75, 3.05) is 19.6 Å². The number of fused-ring (bicyclic) bond motifs is 2. The molecule has 1 atom stereocenters. The largest absolute Gasteiger partial charge is 0.333 e. The van der Waals surface area contributed by atoms with Gasteiger partial charge in [0.05, 0.1) is 12.6 Å². The minimum atomic E-state index is -0.126. The zero-order valence-corrected chi connectivity index (χ0v) is 19.9. The number of benzene rings is 1. The van der Waals surface area contributed by atoms with E-state index < -0.39 is 0 Å². The number of hydrogen-bond donors (Lipinski definition) is 1. The average Bonchev–Trinajstić information content (AvgIpc) is 3.31. The van der Waals surface area contributed by atoms with Gasteiger partial charge in [-0.1, -0.05) is 44.2 Å². The molecule has 1 aromatic carbocycles. The number of nitrogens with zero attached hydrogens (tertiary/aromatic N) is 6. The Morgan fingerprint density at radius 2 is 1.84 bits per heavy atom. The summed E-state index contributed by atoms with van der Waals surface area (Å²) in [7, 11) is 0. The molecule has 3 aromatic rings. The van der Waals surface area contributed by atoms with Crippen LogP contribution in [0.5, 0.6) is 0 Å². The fourth-order valence-corrected chi connectivity index (χ4v) is 4.44. The van der Waals surface area contributed by atoms with E-state index in [1.54, 1.807) is 0 Å². The number of carbonyl (C=O) groups excluding carboxylic acids is 1. The summed E-state index contributed by atoms with van der Waals surface area (Å²) in [6, 6.07) is 9.87. The molecule has 2 aliphatic rings. The van der Waals surface area contributed by atoms with Gasteiger partial charge in [-0.15, -0.1) is 24.8 Å².